The van der Waals surface area contributed by atoms with Gasteiger partial charge in [-0.1, -0.05) is 11.6 Å². The van der Waals surface area contributed by atoms with Gasteiger partial charge in [-0.25, -0.2) is 9.78 Å². The van der Waals surface area contributed by atoms with Crippen LogP contribution in [0.15, 0.2) is 42.6 Å². The topological polar surface area (TPSA) is 83.6 Å². The third-order valence-electron chi connectivity index (χ3n) is 4.47. The summed E-state index contributed by atoms with van der Waals surface area (Å²) in [6.45, 7) is 3.42. The number of hydrogen-bond donors (Lipinski definition) is 2. The molecule has 1 fully saturated rings. The van der Waals surface area contributed by atoms with Gasteiger partial charge in [-0.3, -0.25) is 4.79 Å². The third-order valence-corrected chi connectivity index (χ3v) is 4.72. The lowest BCUT2D eigenvalue weighted by atomic mass is 9.98. The maximum atomic E-state index is 12.5. The van der Waals surface area contributed by atoms with Crippen molar-refractivity contribution in [3.8, 4) is 11.6 Å². The van der Waals surface area contributed by atoms with Crippen LogP contribution in [-0.2, 0) is 4.79 Å². The van der Waals surface area contributed by atoms with Gasteiger partial charge in [-0.05, 0) is 49.1 Å². The molecule has 1 aromatic heterocycles. The summed E-state index contributed by atoms with van der Waals surface area (Å²) >= 11 is 5.85. The molecule has 28 heavy (non-hydrogen) atoms. The highest BCUT2D eigenvalue weighted by Crippen LogP contribution is 2.23. The molecule has 0 saturated carbocycles. The van der Waals surface area contributed by atoms with Crippen LogP contribution >= 0.6 is 11.6 Å². The molecule has 2 N–H and O–H groups in total. The van der Waals surface area contributed by atoms with E-state index in [0.717, 1.165) is 12.8 Å². The molecule has 3 amide bonds. The molecule has 2 heterocycles. The number of carbonyl (C=O) groups is 2. The summed E-state index contributed by atoms with van der Waals surface area (Å²) in [5, 5.41) is 6.32. The van der Waals surface area contributed by atoms with Crippen molar-refractivity contribution < 1.29 is 14.3 Å². The highest BCUT2D eigenvalue weighted by atomic mass is 35.5. The quantitative estimate of drug-likeness (QED) is 0.794. The lowest BCUT2D eigenvalue weighted by molar-refractivity contribution is -0.119. The molecule has 0 aliphatic carbocycles. The highest BCUT2D eigenvalue weighted by Gasteiger charge is 2.23. The largest absolute Gasteiger partial charge is 0.439 e. The number of anilines is 1. The standard InChI is InChI=1S/C20H23ClN4O3/c1-14(26)22-11-15-3-2-10-25(13-15)20(27)24-17-6-9-19(23-12-17)28-18-7-4-16(21)5-8-18/h4-9,12,15H,2-3,10-11,13H2,1H3,(H,22,26)(H,24,27)/t15-/m1/s1. The second-order valence-corrected chi connectivity index (χ2v) is 7.20. The zero-order valence-corrected chi connectivity index (χ0v) is 16.4. The Morgan fingerprint density at radius 1 is 1.25 bits per heavy atom. The number of piperidine rings is 1. The summed E-state index contributed by atoms with van der Waals surface area (Å²) in [5.41, 5.74) is 0.595. The van der Waals surface area contributed by atoms with E-state index < -0.39 is 0 Å². The lowest BCUT2D eigenvalue weighted by Gasteiger charge is -2.32. The molecular formula is C20H23ClN4O3. The van der Waals surface area contributed by atoms with Gasteiger partial charge >= 0.3 is 6.03 Å². The number of likely N-dealkylation sites (tertiary alicyclic amines) is 1. The molecule has 1 aromatic carbocycles. The third kappa shape index (κ3) is 5.85. The van der Waals surface area contributed by atoms with Gasteiger partial charge < -0.3 is 20.3 Å². The first-order valence-electron chi connectivity index (χ1n) is 9.19. The molecule has 2 aromatic rings. The fourth-order valence-electron chi connectivity index (χ4n) is 3.04. The monoisotopic (exact) mass is 402 g/mol. The van der Waals surface area contributed by atoms with Gasteiger partial charge in [0, 0.05) is 37.6 Å². The SMILES string of the molecule is CC(=O)NC[C@H]1CCCN(C(=O)Nc2ccc(Oc3ccc(Cl)cc3)nc2)C1. The molecule has 7 nitrogen and oxygen atoms in total. The van der Waals surface area contributed by atoms with Crippen LogP contribution < -0.4 is 15.4 Å². The Kier molecular flexibility index (Phi) is 6.71. The van der Waals surface area contributed by atoms with E-state index in [4.69, 9.17) is 16.3 Å². The molecular weight excluding hydrogens is 380 g/mol. The van der Waals surface area contributed by atoms with Gasteiger partial charge in [0.15, 0.2) is 0 Å². The Morgan fingerprint density at radius 2 is 2.04 bits per heavy atom. The zero-order valence-electron chi connectivity index (χ0n) is 15.7. The van der Waals surface area contributed by atoms with Crippen LogP contribution in [0.2, 0.25) is 5.02 Å². The number of rotatable bonds is 5. The van der Waals surface area contributed by atoms with Gasteiger partial charge in [0.25, 0.3) is 0 Å². The predicted molar refractivity (Wildman–Crippen MR) is 108 cm³/mol. The summed E-state index contributed by atoms with van der Waals surface area (Å²) in [6.07, 6.45) is 3.48. The van der Waals surface area contributed by atoms with E-state index in [0.29, 0.717) is 42.0 Å². The fourth-order valence-corrected chi connectivity index (χ4v) is 3.17. The maximum absolute atomic E-state index is 12.5. The molecule has 1 saturated heterocycles. The minimum Gasteiger partial charge on any atom is -0.439 e. The van der Waals surface area contributed by atoms with Crippen molar-refractivity contribution in [1.29, 1.82) is 0 Å². The summed E-state index contributed by atoms with van der Waals surface area (Å²) in [5.74, 6) is 1.28. The smallest absolute Gasteiger partial charge is 0.321 e. The normalized spacial score (nSPS) is 16.4. The molecule has 148 valence electrons. The number of amides is 3. The maximum Gasteiger partial charge on any atom is 0.321 e. The molecule has 0 bridgehead atoms. The zero-order chi connectivity index (χ0) is 19.9. The first-order chi connectivity index (χ1) is 13.5. The molecule has 0 spiro atoms. The van der Waals surface area contributed by atoms with Gasteiger partial charge in [0.05, 0.1) is 11.9 Å². The van der Waals surface area contributed by atoms with Crippen LogP contribution in [0.25, 0.3) is 0 Å². The summed E-state index contributed by atoms with van der Waals surface area (Å²) < 4.78 is 5.64. The number of carbonyl (C=O) groups excluding carboxylic acids is 2. The average Bonchev–Trinajstić information content (AvgIpc) is 2.70. The number of nitrogens with zero attached hydrogens (tertiary/aromatic N) is 2. The van der Waals surface area contributed by atoms with Crippen molar-refractivity contribution in [3.63, 3.8) is 0 Å². The summed E-state index contributed by atoms with van der Waals surface area (Å²) in [6, 6.07) is 10.3. The van der Waals surface area contributed by atoms with Crippen LogP contribution in [-0.4, -0.2) is 41.5 Å². The van der Waals surface area contributed by atoms with E-state index in [9.17, 15) is 9.59 Å². The Hall–Kier alpha value is -2.80. The summed E-state index contributed by atoms with van der Waals surface area (Å²) in [4.78, 5) is 29.6. The lowest BCUT2D eigenvalue weighted by Crippen LogP contribution is -2.45. The van der Waals surface area contributed by atoms with Gasteiger partial charge in [-0.2, -0.15) is 0 Å². The van der Waals surface area contributed by atoms with Crippen molar-refractivity contribution >= 4 is 29.2 Å². The molecule has 0 radical (unpaired) electrons. The van der Waals surface area contributed by atoms with Gasteiger partial charge in [0.1, 0.15) is 5.75 Å². The minimum atomic E-state index is -0.166. The number of hydrogen-bond acceptors (Lipinski definition) is 4. The fraction of sp³-hybridized carbons (Fsp3) is 0.350. The van der Waals surface area contributed by atoms with E-state index in [1.54, 1.807) is 47.5 Å². The average molecular weight is 403 g/mol. The summed E-state index contributed by atoms with van der Waals surface area (Å²) in [7, 11) is 0. The van der Waals surface area contributed by atoms with Crippen molar-refractivity contribution in [2.24, 2.45) is 5.92 Å². The number of benzene rings is 1. The molecule has 3 rings (SSSR count). The van der Waals surface area contributed by atoms with E-state index in [2.05, 4.69) is 15.6 Å². The first kappa shape index (κ1) is 19.9. The molecule has 1 aliphatic rings. The van der Waals surface area contributed by atoms with Crippen molar-refractivity contribution in [3.05, 3.63) is 47.6 Å². The Balaban J connectivity index is 1.52. The van der Waals surface area contributed by atoms with Crippen molar-refractivity contribution in [2.45, 2.75) is 19.8 Å². The van der Waals surface area contributed by atoms with E-state index >= 15 is 0 Å². The van der Waals surface area contributed by atoms with E-state index in [1.165, 1.54) is 6.92 Å². The van der Waals surface area contributed by atoms with E-state index in [-0.39, 0.29) is 17.9 Å². The minimum absolute atomic E-state index is 0.0476. The predicted octanol–water partition coefficient (Wildman–Crippen LogP) is 3.91. The van der Waals surface area contributed by atoms with Crippen molar-refractivity contribution in [2.75, 3.05) is 25.0 Å². The van der Waals surface area contributed by atoms with Crippen LogP contribution in [0.5, 0.6) is 11.6 Å². The van der Waals surface area contributed by atoms with Crippen LogP contribution in [0.3, 0.4) is 0 Å². The molecule has 1 aliphatic heterocycles. The molecule has 0 unspecified atom stereocenters. The van der Waals surface area contributed by atoms with E-state index in [1.807, 2.05) is 0 Å². The Labute approximate surface area is 169 Å². The number of pyridine rings is 1. The second-order valence-electron chi connectivity index (χ2n) is 6.76. The molecule has 1 atom stereocenters. The Morgan fingerprint density at radius 3 is 2.71 bits per heavy atom. The second kappa shape index (κ2) is 9.41. The van der Waals surface area contributed by atoms with Gasteiger partial charge in [0.2, 0.25) is 11.8 Å². The number of urea groups is 1. The van der Waals surface area contributed by atoms with Gasteiger partial charge in [-0.15, -0.1) is 0 Å². The number of aromatic nitrogens is 1. The number of halogens is 1. The van der Waals surface area contributed by atoms with Crippen LogP contribution in [0.4, 0.5) is 10.5 Å². The molecule has 8 heteroatoms. The Bertz CT molecular complexity index is 811. The van der Waals surface area contributed by atoms with Crippen molar-refractivity contribution in [1.82, 2.24) is 15.2 Å². The van der Waals surface area contributed by atoms with Crippen LogP contribution in [0, 0.1) is 5.92 Å². The highest BCUT2D eigenvalue weighted by molar-refractivity contribution is 6.30. The number of ether oxygens (including phenoxy) is 1. The first-order valence-corrected chi connectivity index (χ1v) is 9.57. The number of nitrogens with one attached hydrogen (secondary N) is 2. The van der Waals surface area contributed by atoms with Crippen LogP contribution in [0.1, 0.15) is 19.8 Å².